The lowest BCUT2D eigenvalue weighted by Gasteiger charge is -2.21. The van der Waals surface area contributed by atoms with E-state index in [0.29, 0.717) is 24.6 Å². The SMILES string of the molecule is CC(CNC(=O)OC(C)(C)C)CNc1ccc(-n2ccccc2=O)cn1. The Kier molecular flexibility index (Phi) is 6.38. The van der Waals surface area contributed by atoms with Gasteiger partial charge < -0.3 is 15.4 Å². The van der Waals surface area contributed by atoms with Crippen LogP contribution in [0.5, 0.6) is 0 Å². The molecular weight excluding hydrogens is 332 g/mol. The van der Waals surface area contributed by atoms with Gasteiger partial charge in [0.05, 0.1) is 11.9 Å². The Morgan fingerprint density at radius 3 is 2.62 bits per heavy atom. The molecule has 0 aliphatic carbocycles. The third kappa shape index (κ3) is 6.23. The monoisotopic (exact) mass is 358 g/mol. The number of rotatable bonds is 6. The number of ether oxygens (including phenoxy) is 1. The number of anilines is 1. The number of aromatic nitrogens is 2. The van der Waals surface area contributed by atoms with Crippen molar-refractivity contribution in [3.8, 4) is 5.69 Å². The quantitative estimate of drug-likeness (QED) is 0.829. The second-order valence-electron chi connectivity index (χ2n) is 7.18. The van der Waals surface area contributed by atoms with Crippen molar-refractivity contribution in [3.63, 3.8) is 0 Å². The van der Waals surface area contributed by atoms with E-state index in [0.717, 1.165) is 0 Å². The average molecular weight is 358 g/mol. The van der Waals surface area contributed by atoms with Crippen molar-refractivity contribution in [2.75, 3.05) is 18.4 Å². The van der Waals surface area contributed by atoms with Gasteiger partial charge in [0.25, 0.3) is 5.56 Å². The maximum Gasteiger partial charge on any atom is 0.407 e. The van der Waals surface area contributed by atoms with Crippen LogP contribution in [0.3, 0.4) is 0 Å². The molecule has 2 N–H and O–H groups in total. The highest BCUT2D eigenvalue weighted by molar-refractivity contribution is 5.67. The Hall–Kier alpha value is -2.83. The van der Waals surface area contributed by atoms with Gasteiger partial charge in [-0.25, -0.2) is 9.78 Å². The smallest absolute Gasteiger partial charge is 0.407 e. The van der Waals surface area contributed by atoms with E-state index in [2.05, 4.69) is 15.6 Å². The Morgan fingerprint density at radius 2 is 2.00 bits per heavy atom. The molecule has 0 bridgehead atoms. The normalized spacial score (nSPS) is 12.3. The molecule has 1 unspecified atom stereocenters. The molecule has 2 aromatic heterocycles. The Morgan fingerprint density at radius 1 is 1.23 bits per heavy atom. The third-order valence-corrected chi connectivity index (χ3v) is 3.47. The summed E-state index contributed by atoms with van der Waals surface area (Å²) in [6, 6.07) is 8.66. The van der Waals surface area contributed by atoms with Crippen LogP contribution in [-0.2, 0) is 4.74 Å². The van der Waals surface area contributed by atoms with Crippen molar-refractivity contribution in [1.29, 1.82) is 0 Å². The third-order valence-electron chi connectivity index (χ3n) is 3.47. The van der Waals surface area contributed by atoms with Crippen molar-refractivity contribution in [3.05, 3.63) is 53.1 Å². The van der Waals surface area contributed by atoms with E-state index in [1.165, 1.54) is 10.6 Å². The number of carbonyl (C=O) groups is 1. The van der Waals surface area contributed by atoms with Crippen molar-refractivity contribution in [1.82, 2.24) is 14.9 Å². The standard InChI is InChI=1S/C19H26N4O3/c1-14(12-22-18(25)26-19(2,3)4)11-20-16-9-8-15(13-21-16)23-10-6-5-7-17(23)24/h5-10,13-14H,11-12H2,1-4H3,(H,20,21)(H,22,25). The van der Waals surface area contributed by atoms with E-state index in [1.54, 1.807) is 24.5 Å². The lowest BCUT2D eigenvalue weighted by Crippen LogP contribution is -2.36. The first-order chi connectivity index (χ1) is 12.2. The highest BCUT2D eigenvalue weighted by Gasteiger charge is 2.16. The fraction of sp³-hybridized carbons (Fsp3) is 0.421. The van der Waals surface area contributed by atoms with Gasteiger partial charge in [-0.3, -0.25) is 9.36 Å². The van der Waals surface area contributed by atoms with E-state index in [-0.39, 0.29) is 11.5 Å². The van der Waals surface area contributed by atoms with Crippen LogP contribution in [0.15, 0.2) is 47.5 Å². The van der Waals surface area contributed by atoms with Crippen molar-refractivity contribution in [2.24, 2.45) is 5.92 Å². The number of pyridine rings is 2. The summed E-state index contributed by atoms with van der Waals surface area (Å²) in [6.45, 7) is 8.65. The summed E-state index contributed by atoms with van der Waals surface area (Å²) in [4.78, 5) is 27.8. The molecule has 0 fully saturated rings. The molecule has 0 spiro atoms. The Balaban J connectivity index is 1.81. The Labute approximate surface area is 153 Å². The number of carbonyl (C=O) groups excluding carboxylic acids is 1. The summed E-state index contributed by atoms with van der Waals surface area (Å²) in [5, 5.41) is 5.97. The highest BCUT2D eigenvalue weighted by Crippen LogP contribution is 2.09. The Bertz CT molecular complexity index is 778. The number of nitrogens with zero attached hydrogens (tertiary/aromatic N) is 2. The number of hydrogen-bond acceptors (Lipinski definition) is 5. The molecule has 1 amide bonds. The van der Waals surface area contributed by atoms with Crippen molar-refractivity contribution >= 4 is 11.9 Å². The highest BCUT2D eigenvalue weighted by atomic mass is 16.6. The molecule has 0 aliphatic rings. The number of nitrogens with one attached hydrogen (secondary N) is 2. The van der Waals surface area contributed by atoms with Crippen LogP contribution >= 0.6 is 0 Å². The van der Waals surface area contributed by atoms with Gasteiger partial charge in [0.1, 0.15) is 11.4 Å². The van der Waals surface area contributed by atoms with Gasteiger partial charge in [0.15, 0.2) is 0 Å². The maximum atomic E-state index is 11.8. The molecule has 0 saturated heterocycles. The molecule has 26 heavy (non-hydrogen) atoms. The van der Waals surface area contributed by atoms with Crippen LogP contribution in [0, 0.1) is 5.92 Å². The first-order valence-electron chi connectivity index (χ1n) is 8.59. The summed E-state index contributed by atoms with van der Waals surface area (Å²) in [5.74, 6) is 0.905. The topological polar surface area (TPSA) is 85.2 Å². The summed E-state index contributed by atoms with van der Waals surface area (Å²) in [6.07, 6.45) is 2.93. The number of hydrogen-bond donors (Lipinski definition) is 2. The van der Waals surface area contributed by atoms with E-state index in [1.807, 2.05) is 39.8 Å². The minimum absolute atomic E-state index is 0.100. The lowest BCUT2D eigenvalue weighted by atomic mass is 10.2. The summed E-state index contributed by atoms with van der Waals surface area (Å²) < 4.78 is 6.74. The zero-order valence-electron chi connectivity index (χ0n) is 15.7. The van der Waals surface area contributed by atoms with Gasteiger partial charge in [-0.05, 0) is 44.9 Å². The van der Waals surface area contributed by atoms with Crippen LogP contribution < -0.4 is 16.2 Å². The first kappa shape index (κ1) is 19.5. The lowest BCUT2D eigenvalue weighted by molar-refractivity contribution is 0.0521. The van der Waals surface area contributed by atoms with Gasteiger partial charge in [0, 0.05) is 25.4 Å². The maximum absolute atomic E-state index is 11.8. The fourth-order valence-electron chi connectivity index (χ4n) is 2.20. The van der Waals surface area contributed by atoms with Crippen LogP contribution in [0.4, 0.5) is 10.6 Å². The van der Waals surface area contributed by atoms with Gasteiger partial charge in [-0.1, -0.05) is 13.0 Å². The van der Waals surface area contributed by atoms with Crippen LogP contribution in [0.2, 0.25) is 0 Å². The first-order valence-corrected chi connectivity index (χ1v) is 8.59. The molecule has 0 saturated carbocycles. The minimum atomic E-state index is -0.502. The predicted molar refractivity (Wildman–Crippen MR) is 102 cm³/mol. The number of amides is 1. The molecule has 2 aromatic rings. The van der Waals surface area contributed by atoms with Gasteiger partial charge >= 0.3 is 6.09 Å². The van der Waals surface area contributed by atoms with Crippen molar-refractivity contribution in [2.45, 2.75) is 33.3 Å². The van der Waals surface area contributed by atoms with Gasteiger partial charge in [-0.2, -0.15) is 0 Å². The largest absolute Gasteiger partial charge is 0.444 e. The fourth-order valence-corrected chi connectivity index (χ4v) is 2.20. The molecule has 0 aromatic carbocycles. The molecule has 2 rings (SSSR count). The summed E-state index contributed by atoms with van der Waals surface area (Å²) in [7, 11) is 0. The minimum Gasteiger partial charge on any atom is -0.444 e. The molecular formula is C19H26N4O3. The van der Waals surface area contributed by atoms with E-state index < -0.39 is 11.7 Å². The predicted octanol–water partition coefficient (Wildman–Crippen LogP) is 2.81. The van der Waals surface area contributed by atoms with E-state index >= 15 is 0 Å². The van der Waals surface area contributed by atoms with E-state index in [4.69, 9.17) is 4.74 Å². The zero-order valence-corrected chi connectivity index (χ0v) is 15.7. The zero-order chi connectivity index (χ0) is 19.2. The molecule has 2 heterocycles. The molecule has 7 nitrogen and oxygen atoms in total. The molecule has 0 aliphatic heterocycles. The average Bonchev–Trinajstić information content (AvgIpc) is 2.58. The van der Waals surface area contributed by atoms with Crippen LogP contribution in [0.1, 0.15) is 27.7 Å². The second kappa shape index (κ2) is 8.51. The van der Waals surface area contributed by atoms with Crippen molar-refractivity contribution < 1.29 is 9.53 Å². The molecule has 7 heteroatoms. The second-order valence-corrected chi connectivity index (χ2v) is 7.18. The van der Waals surface area contributed by atoms with Crippen LogP contribution in [0.25, 0.3) is 5.69 Å². The summed E-state index contributed by atoms with van der Waals surface area (Å²) in [5.41, 5.74) is 0.107. The van der Waals surface area contributed by atoms with E-state index in [9.17, 15) is 9.59 Å². The van der Waals surface area contributed by atoms with Crippen LogP contribution in [-0.4, -0.2) is 34.3 Å². The number of alkyl carbamates (subject to hydrolysis) is 1. The summed E-state index contributed by atoms with van der Waals surface area (Å²) >= 11 is 0. The molecule has 0 radical (unpaired) electrons. The van der Waals surface area contributed by atoms with Gasteiger partial charge in [-0.15, -0.1) is 0 Å². The molecule has 140 valence electrons. The van der Waals surface area contributed by atoms with Gasteiger partial charge in [0.2, 0.25) is 0 Å². The molecule has 1 atom stereocenters.